The number of ketones is 1. The van der Waals surface area contributed by atoms with E-state index in [-0.39, 0.29) is 11.7 Å². The predicted molar refractivity (Wildman–Crippen MR) is 106 cm³/mol. The van der Waals surface area contributed by atoms with Crippen molar-refractivity contribution in [2.45, 2.75) is 33.6 Å². The van der Waals surface area contributed by atoms with Crippen LogP contribution >= 0.6 is 0 Å². The van der Waals surface area contributed by atoms with Gasteiger partial charge in [-0.25, -0.2) is 0 Å². The lowest BCUT2D eigenvalue weighted by Crippen LogP contribution is -2.28. The number of Topliss-reactive ketones (excluding diaryl/α,β-unsaturated/α-hetero) is 1. The summed E-state index contributed by atoms with van der Waals surface area (Å²) < 4.78 is 11.3. The molecule has 0 saturated carbocycles. The zero-order valence-corrected chi connectivity index (χ0v) is 16.2. The highest BCUT2D eigenvalue weighted by Crippen LogP contribution is 2.21. The number of amides is 1. The van der Waals surface area contributed by atoms with Gasteiger partial charge in [-0.3, -0.25) is 9.59 Å². The van der Waals surface area contributed by atoms with Crippen LogP contribution in [0.4, 0.5) is 0 Å². The van der Waals surface area contributed by atoms with E-state index < -0.39 is 0 Å². The van der Waals surface area contributed by atoms with Crippen LogP contribution in [0.25, 0.3) is 0 Å². The number of hydrogen-bond acceptors (Lipinski definition) is 4. The summed E-state index contributed by atoms with van der Waals surface area (Å²) in [7, 11) is 0. The average molecular weight is 369 g/mol. The van der Waals surface area contributed by atoms with E-state index in [1.165, 1.54) is 6.92 Å². The van der Waals surface area contributed by atoms with Crippen LogP contribution in [0, 0.1) is 13.8 Å². The maximum atomic E-state index is 11.9. The standard InChI is InChI=1S/C22H27NO4/c1-16-6-4-7-17(2)22(16)27-15-13-23-21(25)8-5-14-26-20-11-9-19(10-12-20)18(3)24/h4,6-7,9-12H,5,8,13-15H2,1-3H3,(H,23,25). The van der Waals surface area contributed by atoms with Gasteiger partial charge in [0.1, 0.15) is 18.1 Å². The Bertz CT molecular complexity index is 748. The summed E-state index contributed by atoms with van der Waals surface area (Å²) in [4.78, 5) is 23.1. The van der Waals surface area contributed by atoms with Crippen molar-refractivity contribution in [1.82, 2.24) is 5.32 Å². The van der Waals surface area contributed by atoms with Crippen LogP contribution in [0.1, 0.15) is 41.3 Å². The normalized spacial score (nSPS) is 10.3. The molecule has 0 aromatic heterocycles. The molecule has 2 aromatic rings. The zero-order chi connectivity index (χ0) is 19.6. The molecule has 1 amide bonds. The largest absolute Gasteiger partial charge is 0.494 e. The quantitative estimate of drug-likeness (QED) is 0.510. The van der Waals surface area contributed by atoms with Crippen LogP contribution in [0.5, 0.6) is 11.5 Å². The molecule has 5 nitrogen and oxygen atoms in total. The average Bonchev–Trinajstić information content (AvgIpc) is 2.64. The first-order valence-electron chi connectivity index (χ1n) is 9.17. The van der Waals surface area contributed by atoms with Gasteiger partial charge in [-0.15, -0.1) is 0 Å². The molecule has 1 N–H and O–H groups in total. The molecule has 144 valence electrons. The smallest absolute Gasteiger partial charge is 0.220 e. The molecule has 0 heterocycles. The molecule has 0 fully saturated rings. The molecule has 27 heavy (non-hydrogen) atoms. The van der Waals surface area contributed by atoms with Crippen LogP contribution in [0.15, 0.2) is 42.5 Å². The maximum Gasteiger partial charge on any atom is 0.220 e. The van der Waals surface area contributed by atoms with E-state index in [1.54, 1.807) is 24.3 Å². The van der Waals surface area contributed by atoms with Gasteiger partial charge in [-0.1, -0.05) is 18.2 Å². The summed E-state index contributed by atoms with van der Waals surface area (Å²) in [5, 5.41) is 2.85. The molecule has 2 aromatic carbocycles. The van der Waals surface area contributed by atoms with Crippen LogP contribution in [0.3, 0.4) is 0 Å². The summed E-state index contributed by atoms with van der Waals surface area (Å²) in [6, 6.07) is 13.0. The van der Waals surface area contributed by atoms with Crippen molar-refractivity contribution >= 4 is 11.7 Å². The highest BCUT2D eigenvalue weighted by Gasteiger charge is 2.05. The van der Waals surface area contributed by atoms with Gasteiger partial charge < -0.3 is 14.8 Å². The first-order chi connectivity index (χ1) is 13.0. The number of nitrogens with one attached hydrogen (secondary N) is 1. The van der Waals surface area contributed by atoms with Crippen LogP contribution in [-0.2, 0) is 4.79 Å². The predicted octanol–water partition coefficient (Wildman–Crippen LogP) is 3.86. The molecule has 0 unspecified atom stereocenters. The molecule has 0 spiro atoms. The number of carbonyl (C=O) groups excluding carboxylic acids is 2. The van der Waals surface area contributed by atoms with E-state index in [0.717, 1.165) is 16.9 Å². The van der Waals surface area contributed by atoms with Gasteiger partial charge in [0.05, 0.1) is 13.2 Å². The third-order valence-corrected chi connectivity index (χ3v) is 4.16. The molecule has 0 bridgehead atoms. The molecule has 5 heteroatoms. The Balaban J connectivity index is 1.59. The lowest BCUT2D eigenvalue weighted by molar-refractivity contribution is -0.121. The number of ether oxygens (including phenoxy) is 2. The molecule has 2 rings (SSSR count). The van der Waals surface area contributed by atoms with Crippen molar-refractivity contribution in [1.29, 1.82) is 0 Å². The van der Waals surface area contributed by atoms with Gasteiger partial charge in [0.15, 0.2) is 5.78 Å². The summed E-state index contributed by atoms with van der Waals surface area (Å²) in [6.45, 7) is 6.91. The third kappa shape index (κ3) is 6.77. The van der Waals surface area contributed by atoms with Gasteiger partial charge in [-0.05, 0) is 62.6 Å². The molecule has 0 aliphatic carbocycles. The SMILES string of the molecule is CC(=O)c1ccc(OCCCC(=O)NCCOc2c(C)cccc2C)cc1. The maximum absolute atomic E-state index is 11.9. The summed E-state index contributed by atoms with van der Waals surface area (Å²) in [5.41, 5.74) is 2.84. The van der Waals surface area contributed by atoms with Gasteiger partial charge in [-0.2, -0.15) is 0 Å². The van der Waals surface area contributed by atoms with E-state index >= 15 is 0 Å². The summed E-state index contributed by atoms with van der Waals surface area (Å²) in [6.07, 6.45) is 1.02. The Labute approximate surface area is 160 Å². The van der Waals surface area contributed by atoms with E-state index in [9.17, 15) is 9.59 Å². The Morgan fingerprint density at radius 3 is 2.22 bits per heavy atom. The van der Waals surface area contributed by atoms with Gasteiger partial charge >= 0.3 is 0 Å². The lowest BCUT2D eigenvalue weighted by Gasteiger charge is -2.12. The van der Waals surface area contributed by atoms with Crippen molar-refractivity contribution < 1.29 is 19.1 Å². The molecular formula is C22H27NO4. The molecule has 0 radical (unpaired) electrons. The fourth-order valence-electron chi connectivity index (χ4n) is 2.67. The summed E-state index contributed by atoms with van der Waals surface area (Å²) >= 11 is 0. The molecule has 0 saturated heterocycles. The minimum atomic E-state index is -0.0179. The van der Waals surface area contributed by atoms with Crippen LogP contribution in [0.2, 0.25) is 0 Å². The number of rotatable bonds is 10. The van der Waals surface area contributed by atoms with E-state index in [0.29, 0.717) is 43.9 Å². The van der Waals surface area contributed by atoms with Crippen molar-refractivity contribution in [3.8, 4) is 11.5 Å². The van der Waals surface area contributed by atoms with E-state index in [1.807, 2.05) is 32.0 Å². The fraction of sp³-hybridized carbons (Fsp3) is 0.364. The second-order valence-electron chi connectivity index (χ2n) is 6.45. The van der Waals surface area contributed by atoms with E-state index in [2.05, 4.69) is 5.32 Å². The Morgan fingerprint density at radius 1 is 0.926 bits per heavy atom. The Kier molecular flexibility index (Phi) is 7.86. The highest BCUT2D eigenvalue weighted by atomic mass is 16.5. The second-order valence-corrected chi connectivity index (χ2v) is 6.45. The summed E-state index contributed by atoms with van der Waals surface area (Å²) in [5.74, 6) is 1.59. The Hall–Kier alpha value is -2.82. The topological polar surface area (TPSA) is 64.6 Å². The van der Waals surface area contributed by atoms with Crippen molar-refractivity contribution in [3.05, 3.63) is 59.2 Å². The minimum Gasteiger partial charge on any atom is -0.494 e. The van der Waals surface area contributed by atoms with Crippen molar-refractivity contribution in [2.24, 2.45) is 0 Å². The monoisotopic (exact) mass is 369 g/mol. The van der Waals surface area contributed by atoms with Gasteiger partial charge in [0.25, 0.3) is 0 Å². The first kappa shape index (κ1) is 20.5. The highest BCUT2D eigenvalue weighted by molar-refractivity contribution is 5.94. The number of hydrogen-bond donors (Lipinski definition) is 1. The molecule has 0 aliphatic rings. The first-order valence-corrected chi connectivity index (χ1v) is 9.17. The van der Waals surface area contributed by atoms with Crippen LogP contribution in [-0.4, -0.2) is 31.4 Å². The van der Waals surface area contributed by atoms with Crippen molar-refractivity contribution in [3.63, 3.8) is 0 Å². The van der Waals surface area contributed by atoms with Crippen molar-refractivity contribution in [2.75, 3.05) is 19.8 Å². The van der Waals surface area contributed by atoms with Crippen LogP contribution < -0.4 is 14.8 Å². The molecule has 0 aliphatic heterocycles. The minimum absolute atomic E-state index is 0.0179. The number of benzene rings is 2. The number of aryl methyl sites for hydroxylation is 2. The number of carbonyl (C=O) groups is 2. The lowest BCUT2D eigenvalue weighted by atomic mass is 10.1. The third-order valence-electron chi connectivity index (χ3n) is 4.16. The Morgan fingerprint density at radius 2 is 1.59 bits per heavy atom. The fourth-order valence-corrected chi connectivity index (χ4v) is 2.67. The van der Waals surface area contributed by atoms with Gasteiger partial charge in [0.2, 0.25) is 5.91 Å². The second kappa shape index (κ2) is 10.4. The zero-order valence-electron chi connectivity index (χ0n) is 16.2. The molecule has 0 atom stereocenters. The number of para-hydroxylation sites is 1. The van der Waals surface area contributed by atoms with Gasteiger partial charge in [0, 0.05) is 12.0 Å². The molecular weight excluding hydrogens is 342 g/mol. The van der Waals surface area contributed by atoms with E-state index in [4.69, 9.17) is 9.47 Å².